The highest BCUT2D eigenvalue weighted by molar-refractivity contribution is 5.80. The summed E-state index contributed by atoms with van der Waals surface area (Å²) in [6.45, 7) is 4.08. The fourth-order valence-corrected chi connectivity index (χ4v) is 1.26. The first-order valence-electron chi connectivity index (χ1n) is 4.64. The molecule has 0 bridgehead atoms. The van der Waals surface area contributed by atoms with Crippen LogP contribution in [-0.2, 0) is 11.2 Å². The first-order chi connectivity index (χ1) is 6.63. The summed E-state index contributed by atoms with van der Waals surface area (Å²) in [6, 6.07) is 5.39. The van der Waals surface area contributed by atoms with Crippen molar-refractivity contribution in [2.24, 2.45) is 0 Å². The van der Waals surface area contributed by atoms with Crippen LogP contribution in [0.15, 0.2) is 18.2 Å². The topological polar surface area (TPSA) is 52.3 Å². The molecule has 0 saturated carbocycles. The number of hydrogen-bond donors (Lipinski definition) is 1. The van der Waals surface area contributed by atoms with E-state index in [1.165, 1.54) is 0 Å². The van der Waals surface area contributed by atoms with E-state index in [1.54, 1.807) is 13.0 Å². The van der Waals surface area contributed by atoms with Gasteiger partial charge in [-0.25, -0.2) is 0 Å². The number of ketones is 1. The molecule has 76 valence electrons. The van der Waals surface area contributed by atoms with E-state index in [1.807, 2.05) is 19.1 Å². The molecular formula is C11H15NO2. The molecule has 0 radical (unpaired) electrons. The van der Waals surface area contributed by atoms with Gasteiger partial charge in [-0.15, -0.1) is 0 Å². The van der Waals surface area contributed by atoms with Crippen molar-refractivity contribution < 1.29 is 9.53 Å². The van der Waals surface area contributed by atoms with Gasteiger partial charge in [-0.3, -0.25) is 4.79 Å². The molecule has 0 aliphatic carbocycles. The lowest BCUT2D eigenvalue weighted by molar-refractivity contribution is -0.116. The van der Waals surface area contributed by atoms with Crippen LogP contribution in [0, 0.1) is 0 Å². The third-order valence-corrected chi connectivity index (χ3v) is 1.86. The predicted molar refractivity (Wildman–Crippen MR) is 56.4 cm³/mol. The molecule has 0 aliphatic rings. The summed E-state index contributed by atoms with van der Waals surface area (Å²) in [5.74, 6) is 0.864. The normalized spacial score (nSPS) is 9.86. The Hall–Kier alpha value is -1.51. The Kier molecular flexibility index (Phi) is 3.51. The van der Waals surface area contributed by atoms with Gasteiger partial charge in [0.15, 0.2) is 0 Å². The first-order valence-corrected chi connectivity index (χ1v) is 4.64. The smallest absolute Gasteiger partial charge is 0.134 e. The average Bonchev–Trinajstić information content (AvgIpc) is 2.10. The van der Waals surface area contributed by atoms with E-state index in [0.29, 0.717) is 18.7 Å². The van der Waals surface area contributed by atoms with E-state index in [2.05, 4.69) is 0 Å². The average molecular weight is 193 g/mol. The third-order valence-electron chi connectivity index (χ3n) is 1.86. The quantitative estimate of drug-likeness (QED) is 0.742. The van der Waals surface area contributed by atoms with Crippen LogP contribution in [-0.4, -0.2) is 12.4 Å². The van der Waals surface area contributed by atoms with Gasteiger partial charge in [-0.1, -0.05) is 0 Å². The summed E-state index contributed by atoms with van der Waals surface area (Å²) in [5, 5.41) is 0. The van der Waals surface area contributed by atoms with Crippen molar-refractivity contribution in [3.05, 3.63) is 23.8 Å². The van der Waals surface area contributed by atoms with Crippen molar-refractivity contribution in [3.8, 4) is 5.75 Å². The number of hydrogen-bond acceptors (Lipinski definition) is 3. The molecule has 0 fully saturated rings. The minimum absolute atomic E-state index is 0.102. The van der Waals surface area contributed by atoms with Crippen molar-refractivity contribution >= 4 is 11.5 Å². The molecule has 0 atom stereocenters. The van der Waals surface area contributed by atoms with E-state index in [9.17, 15) is 4.79 Å². The maximum absolute atomic E-state index is 10.9. The number of benzene rings is 1. The molecule has 3 nitrogen and oxygen atoms in total. The molecule has 0 heterocycles. The van der Waals surface area contributed by atoms with Crippen LogP contribution in [0.2, 0.25) is 0 Å². The minimum Gasteiger partial charge on any atom is -0.494 e. The molecule has 0 aliphatic heterocycles. The second-order valence-corrected chi connectivity index (χ2v) is 3.17. The summed E-state index contributed by atoms with van der Waals surface area (Å²) in [6.07, 6.45) is 0.368. The van der Waals surface area contributed by atoms with Gasteiger partial charge in [-0.2, -0.15) is 0 Å². The Labute approximate surface area is 83.9 Å². The molecule has 3 heteroatoms. The zero-order chi connectivity index (χ0) is 10.6. The number of ether oxygens (including phenoxy) is 1. The fraction of sp³-hybridized carbons (Fsp3) is 0.364. The second kappa shape index (κ2) is 4.65. The van der Waals surface area contributed by atoms with Crippen LogP contribution in [0.1, 0.15) is 19.4 Å². The molecule has 1 rings (SSSR count). The molecule has 1 aromatic carbocycles. The maximum Gasteiger partial charge on any atom is 0.134 e. The lowest BCUT2D eigenvalue weighted by Gasteiger charge is -2.07. The first kappa shape index (κ1) is 10.6. The highest BCUT2D eigenvalue weighted by Crippen LogP contribution is 2.20. The van der Waals surface area contributed by atoms with Crippen molar-refractivity contribution in [2.45, 2.75) is 20.3 Å². The van der Waals surface area contributed by atoms with Gasteiger partial charge >= 0.3 is 0 Å². The lowest BCUT2D eigenvalue weighted by atomic mass is 10.1. The van der Waals surface area contributed by atoms with E-state index in [4.69, 9.17) is 10.5 Å². The van der Waals surface area contributed by atoms with Crippen LogP contribution in [0.3, 0.4) is 0 Å². The molecule has 1 aromatic rings. The molecule has 0 spiro atoms. The minimum atomic E-state index is 0.102. The van der Waals surface area contributed by atoms with Crippen molar-refractivity contribution in [2.75, 3.05) is 12.3 Å². The zero-order valence-corrected chi connectivity index (χ0v) is 8.54. The molecular weight excluding hydrogens is 178 g/mol. The van der Waals surface area contributed by atoms with Crippen molar-refractivity contribution in [1.82, 2.24) is 0 Å². The van der Waals surface area contributed by atoms with Crippen molar-refractivity contribution in [1.29, 1.82) is 0 Å². The number of nitrogens with two attached hydrogens (primary N) is 1. The van der Waals surface area contributed by atoms with Crippen LogP contribution < -0.4 is 10.5 Å². The Morgan fingerprint density at radius 2 is 2.21 bits per heavy atom. The summed E-state index contributed by atoms with van der Waals surface area (Å²) >= 11 is 0. The Bertz CT molecular complexity index is 334. The van der Waals surface area contributed by atoms with Crippen LogP contribution in [0.5, 0.6) is 5.75 Å². The molecule has 14 heavy (non-hydrogen) atoms. The maximum atomic E-state index is 10.9. The summed E-state index contributed by atoms with van der Waals surface area (Å²) in [4.78, 5) is 10.9. The second-order valence-electron chi connectivity index (χ2n) is 3.17. The fourth-order valence-electron chi connectivity index (χ4n) is 1.26. The summed E-state index contributed by atoms with van der Waals surface area (Å²) < 4.78 is 5.32. The lowest BCUT2D eigenvalue weighted by Crippen LogP contribution is -2.02. The van der Waals surface area contributed by atoms with Gasteiger partial charge in [0.1, 0.15) is 11.5 Å². The van der Waals surface area contributed by atoms with Crippen molar-refractivity contribution in [3.63, 3.8) is 0 Å². The molecule has 0 aromatic heterocycles. The van der Waals surface area contributed by atoms with Crippen LogP contribution >= 0.6 is 0 Å². The molecule has 2 N–H and O–H groups in total. The highest BCUT2D eigenvalue weighted by atomic mass is 16.5. The predicted octanol–water partition coefficient (Wildman–Crippen LogP) is 1.80. The van der Waals surface area contributed by atoms with Gasteiger partial charge in [0.05, 0.1) is 6.61 Å². The van der Waals surface area contributed by atoms with E-state index in [-0.39, 0.29) is 5.78 Å². The summed E-state index contributed by atoms with van der Waals surface area (Å²) in [7, 11) is 0. The van der Waals surface area contributed by atoms with E-state index < -0.39 is 0 Å². The number of anilines is 1. The number of carbonyl (C=O) groups excluding carboxylic acids is 1. The Morgan fingerprint density at radius 3 is 2.79 bits per heavy atom. The van der Waals surface area contributed by atoms with E-state index in [0.717, 1.165) is 11.3 Å². The molecule has 0 saturated heterocycles. The highest BCUT2D eigenvalue weighted by Gasteiger charge is 2.04. The standard InChI is InChI=1S/C11H15NO2/c1-3-14-10-4-5-11(12)9(7-10)6-8(2)13/h4-5,7H,3,6,12H2,1-2H3. The summed E-state index contributed by atoms with van der Waals surface area (Å²) in [5.41, 5.74) is 7.20. The Morgan fingerprint density at radius 1 is 1.50 bits per heavy atom. The van der Waals surface area contributed by atoms with Gasteiger partial charge in [0.2, 0.25) is 0 Å². The van der Waals surface area contributed by atoms with Gasteiger partial charge < -0.3 is 10.5 Å². The van der Waals surface area contributed by atoms with Gasteiger partial charge in [-0.05, 0) is 37.6 Å². The monoisotopic (exact) mass is 193 g/mol. The zero-order valence-electron chi connectivity index (χ0n) is 8.54. The van der Waals surface area contributed by atoms with Crippen LogP contribution in [0.25, 0.3) is 0 Å². The number of Topliss-reactive ketones (excluding diaryl/α,β-unsaturated/α-hetero) is 1. The Balaban J connectivity index is 2.90. The SMILES string of the molecule is CCOc1ccc(N)c(CC(C)=O)c1. The van der Waals surface area contributed by atoms with Crippen LogP contribution in [0.4, 0.5) is 5.69 Å². The molecule has 0 unspecified atom stereocenters. The largest absolute Gasteiger partial charge is 0.494 e. The number of rotatable bonds is 4. The molecule has 0 amide bonds. The van der Waals surface area contributed by atoms with Gasteiger partial charge in [0, 0.05) is 12.1 Å². The third kappa shape index (κ3) is 2.76. The van der Waals surface area contributed by atoms with Gasteiger partial charge in [0.25, 0.3) is 0 Å². The number of nitrogen functional groups attached to an aromatic ring is 1. The number of carbonyl (C=O) groups is 1. The van der Waals surface area contributed by atoms with E-state index >= 15 is 0 Å².